The molecule has 2 aromatic rings. The molecule has 0 saturated carbocycles. The monoisotopic (exact) mass is 330 g/mol. The van der Waals surface area contributed by atoms with Gasteiger partial charge >= 0.3 is 0 Å². The Kier molecular flexibility index (Phi) is 5.55. The highest BCUT2D eigenvalue weighted by Gasteiger charge is 2.16. The molecule has 1 heterocycles. The summed E-state index contributed by atoms with van der Waals surface area (Å²) in [6.07, 6.45) is 0. The normalized spacial score (nSPS) is 12.0. The average molecular weight is 330 g/mol. The maximum absolute atomic E-state index is 12.4. The van der Waals surface area contributed by atoms with E-state index in [1.165, 1.54) is 11.8 Å². The maximum Gasteiger partial charge on any atom is 0.232 e. The van der Waals surface area contributed by atoms with Gasteiger partial charge in [-0.2, -0.15) is 0 Å². The van der Waals surface area contributed by atoms with E-state index >= 15 is 0 Å². The molecule has 0 aliphatic rings. The third-order valence-electron chi connectivity index (χ3n) is 3.57. The molecule has 1 atom stereocenters. The van der Waals surface area contributed by atoms with E-state index in [4.69, 9.17) is 0 Å². The quantitative estimate of drug-likeness (QED) is 0.843. The SMILES string of the molecule is CC(=O)Nc1ccc([C@H](C)C(=O)Nc2ccc(C(C)C)s2)cc1. The highest BCUT2D eigenvalue weighted by molar-refractivity contribution is 7.16. The van der Waals surface area contributed by atoms with Crippen LogP contribution in [0.3, 0.4) is 0 Å². The summed E-state index contributed by atoms with van der Waals surface area (Å²) in [5, 5.41) is 6.56. The van der Waals surface area contributed by atoms with Crippen molar-refractivity contribution >= 4 is 33.8 Å². The average Bonchev–Trinajstić information content (AvgIpc) is 2.95. The number of hydrogen-bond donors (Lipinski definition) is 2. The lowest BCUT2D eigenvalue weighted by molar-refractivity contribution is -0.117. The van der Waals surface area contributed by atoms with E-state index in [-0.39, 0.29) is 17.7 Å². The van der Waals surface area contributed by atoms with Gasteiger partial charge in [0.15, 0.2) is 0 Å². The molecule has 0 fully saturated rings. The Morgan fingerprint density at radius 3 is 2.13 bits per heavy atom. The highest BCUT2D eigenvalue weighted by atomic mass is 32.1. The molecular weight excluding hydrogens is 308 g/mol. The van der Waals surface area contributed by atoms with Gasteiger partial charge in [-0.25, -0.2) is 0 Å². The molecule has 2 amide bonds. The van der Waals surface area contributed by atoms with Crippen molar-refractivity contribution in [3.05, 3.63) is 46.8 Å². The Labute approximate surface area is 140 Å². The zero-order valence-corrected chi connectivity index (χ0v) is 14.7. The molecule has 0 bridgehead atoms. The summed E-state index contributed by atoms with van der Waals surface area (Å²) in [7, 11) is 0. The number of hydrogen-bond acceptors (Lipinski definition) is 3. The zero-order valence-electron chi connectivity index (χ0n) is 13.8. The molecule has 2 N–H and O–H groups in total. The number of amides is 2. The number of nitrogens with one attached hydrogen (secondary N) is 2. The summed E-state index contributed by atoms with van der Waals surface area (Å²) in [4.78, 5) is 24.7. The molecule has 0 aliphatic carbocycles. The van der Waals surface area contributed by atoms with Crippen molar-refractivity contribution in [3.63, 3.8) is 0 Å². The summed E-state index contributed by atoms with van der Waals surface area (Å²) in [6, 6.07) is 11.3. The predicted molar refractivity (Wildman–Crippen MR) is 96.2 cm³/mol. The Balaban J connectivity index is 2.02. The van der Waals surface area contributed by atoms with Crippen LogP contribution in [0.4, 0.5) is 10.7 Å². The van der Waals surface area contributed by atoms with Crippen molar-refractivity contribution in [1.82, 2.24) is 0 Å². The van der Waals surface area contributed by atoms with Gasteiger partial charge in [-0.3, -0.25) is 9.59 Å². The number of carbonyl (C=O) groups is 2. The van der Waals surface area contributed by atoms with Crippen LogP contribution in [0.25, 0.3) is 0 Å². The molecule has 1 aromatic heterocycles. The third kappa shape index (κ3) is 4.66. The van der Waals surface area contributed by atoms with Crippen LogP contribution in [0.5, 0.6) is 0 Å². The van der Waals surface area contributed by atoms with E-state index in [9.17, 15) is 9.59 Å². The second kappa shape index (κ2) is 7.42. The van der Waals surface area contributed by atoms with Crippen molar-refractivity contribution < 1.29 is 9.59 Å². The van der Waals surface area contributed by atoms with Gasteiger partial charge in [-0.15, -0.1) is 11.3 Å². The van der Waals surface area contributed by atoms with Crippen LogP contribution in [-0.4, -0.2) is 11.8 Å². The third-order valence-corrected chi connectivity index (χ3v) is 4.87. The van der Waals surface area contributed by atoms with E-state index in [1.807, 2.05) is 37.3 Å². The van der Waals surface area contributed by atoms with E-state index in [0.29, 0.717) is 5.92 Å². The first-order chi connectivity index (χ1) is 10.9. The van der Waals surface area contributed by atoms with E-state index in [1.54, 1.807) is 11.3 Å². The summed E-state index contributed by atoms with van der Waals surface area (Å²) in [5.41, 5.74) is 1.64. The van der Waals surface area contributed by atoms with Crippen LogP contribution < -0.4 is 10.6 Å². The lowest BCUT2D eigenvalue weighted by Crippen LogP contribution is -2.18. The fourth-order valence-corrected chi connectivity index (χ4v) is 3.08. The van der Waals surface area contributed by atoms with Gasteiger partial charge in [-0.1, -0.05) is 26.0 Å². The van der Waals surface area contributed by atoms with Crippen molar-refractivity contribution in [3.8, 4) is 0 Å². The minimum Gasteiger partial charge on any atom is -0.326 e. The molecule has 0 saturated heterocycles. The largest absolute Gasteiger partial charge is 0.326 e. The lowest BCUT2D eigenvalue weighted by Gasteiger charge is -2.12. The summed E-state index contributed by atoms with van der Waals surface area (Å²) in [6.45, 7) is 7.61. The highest BCUT2D eigenvalue weighted by Crippen LogP contribution is 2.29. The standard InChI is InChI=1S/C18H22N2O2S/c1-11(2)16-9-10-17(23-16)20-18(22)12(3)14-5-7-15(8-6-14)19-13(4)21/h5-12H,1-4H3,(H,19,21)(H,20,22)/t12-/m0/s1. The van der Waals surface area contributed by atoms with Crippen molar-refractivity contribution in [2.45, 2.75) is 39.5 Å². The van der Waals surface area contributed by atoms with Gasteiger partial charge in [-0.05, 0) is 42.7 Å². The first-order valence-corrected chi connectivity index (χ1v) is 8.46. The van der Waals surface area contributed by atoms with Crippen LogP contribution in [0.2, 0.25) is 0 Å². The molecule has 0 spiro atoms. The van der Waals surface area contributed by atoms with E-state index in [2.05, 4.69) is 30.5 Å². The number of anilines is 2. The molecule has 1 aromatic carbocycles. The number of carbonyl (C=O) groups excluding carboxylic acids is 2. The van der Waals surface area contributed by atoms with Gasteiger partial charge in [0.2, 0.25) is 11.8 Å². The Bertz CT molecular complexity index is 689. The molecule has 4 nitrogen and oxygen atoms in total. The van der Waals surface area contributed by atoms with Gasteiger partial charge in [0, 0.05) is 17.5 Å². The molecule has 23 heavy (non-hydrogen) atoms. The number of thiophene rings is 1. The molecule has 122 valence electrons. The van der Waals surface area contributed by atoms with Crippen molar-refractivity contribution in [1.29, 1.82) is 0 Å². The van der Waals surface area contributed by atoms with Crippen LogP contribution in [0, 0.1) is 0 Å². The molecule has 0 radical (unpaired) electrons. The first-order valence-electron chi connectivity index (χ1n) is 7.65. The first kappa shape index (κ1) is 17.2. The topological polar surface area (TPSA) is 58.2 Å². The van der Waals surface area contributed by atoms with Gasteiger partial charge in [0.05, 0.1) is 10.9 Å². The minimum atomic E-state index is -0.258. The van der Waals surface area contributed by atoms with Gasteiger partial charge in [0.1, 0.15) is 0 Å². The van der Waals surface area contributed by atoms with Crippen LogP contribution >= 0.6 is 11.3 Å². The Morgan fingerprint density at radius 1 is 0.957 bits per heavy atom. The van der Waals surface area contributed by atoms with Gasteiger partial charge < -0.3 is 10.6 Å². The van der Waals surface area contributed by atoms with Crippen molar-refractivity contribution in [2.75, 3.05) is 10.6 Å². The fraction of sp³-hybridized carbons (Fsp3) is 0.333. The van der Waals surface area contributed by atoms with Crippen LogP contribution in [0.15, 0.2) is 36.4 Å². The van der Waals surface area contributed by atoms with E-state index in [0.717, 1.165) is 16.3 Å². The summed E-state index contributed by atoms with van der Waals surface area (Å²) >= 11 is 1.61. The molecule has 0 aliphatic heterocycles. The minimum absolute atomic E-state index is 0.0329. The fourth-order valence-electron chi connectivity index (χ4n) is 2.17. The predicted octanol–water partition coefficient (Wildman–Crippen LogP) is 4.57. The number of rotatable bonds is 5. The van der Waals surface area contributed by atoms with Crippen LogP contribution in [0.1, 0.15) is 50.0 Å². The summed E-state index contributed by atoms with van der Waals surface area (Å²) in [5.74, 6) is 0.0620. The zero-order chi connectivity index (χ0) is 17.0. The second-order valence-electron chi connectivity index (χ2n) is 5.87. The van der Waals surface area contributed by atoms with E-state index < -0.39 is 0 Å². The maximum atomic E-state index is 12.4. The van der Waals surface area contributed by atoms with Gasteiger partial charge in [0.25, 0.3) is 0 Å². The molecule has 5 heteroatoms. The van der Waals surface area contributed by atoms with Crippen LogP contribution in [-0.2, 0) is 9.59 Å². The number of benzene rings is 1. The molecular formula is C18H22N2O2S. The molecule has 0 unspecified atom stereocenters. The smallest absolute Gasteiger partial charge is 0.232 e. The summed E-state index contributed by atoms with van der Waals surface area (Å²) < 4.78 is 0. The second-order valence-corrected chi connectivity index (χ2v) is 6.99. The van der Waals surface area contributed by atoms with Crippen molar-refractivity contribution in [2.24, 2.45) is 0 Å². The lowest BCUT2D eigenvalue weighted by atomic mass is 10.00. The Morgan fingerprint density at radius 2 is 1.61 bits per heavy atom. The molecule has 2 rings (SSSR count). The Hall–Kier alpha value is -2.14.